The average molecular weight is 227 g/mol. The van der Waals surface area contributed by atoms with E-state index in [9.17, 15) is 4.79 Å². The summed E-state index contributed by atoms with van der Waals surface area (Å²) in [6, 6.07) is 0. The number of carbonyl (C=O) groups is 1. The molecule has 2 atom stereocenters. The van der Waals surface area contributed by atoms with Crippen LogP contribution in [0.2, 0.25) is 0 Å². The van der Waals surface area contributed by atoms with Crippen molar-refractivity contribution in [2.75, 3.05) is 6.61 Å². The summed E-state index contributed by atoms with van der Waals surface area (Å²) in [5, 5.41) is 12.8. The molecule has 0 spiro atoms. The maximum absolute atomic E-state index is 10.9. The summed E-state index contributed by atoms with van der Waals surface area (Å²) in [6.45, 7) is 10.6. The van der Waals surface area contributed by atoms with E-state index in [0.29, 0.717) is 6.61 Å². The van der Waals surface area contributed by atoms with Crippen molar-refractivity contribution in [2.45, 2.75) is 34.6 Å². The Morgan fingerprint density at radius 2 is 2.06 bits per heavy atom. The number of carboxylic acids is 1. The van der Waals surface area contributed by atoms with Gasteiger partial charge in [-0.25, -0.2) is 0 Å². The summed E-state index contributed by atoms with van der Waals surface area (Å²) in [7, 11) is 0. The van der Waals surface area contributed by atoms with E-state index in [-0.39, 0.29) is 22.7 Å². The fourth-order valence-electron chi connectivity index (χ4n) is 1.77. The number of carboxylic acid groups (broad SMARTS) is 1. The van der Waals surface area contributed by atoms with Gasteiger partial charge in [0.25, 0.3) is 0 Å². The highest BCUT2D eigenvalue weighted by atomic mass is 16.6. The molecule has 0 radical (unpaired) electrons. The number of nitrogens with zero attached hydrogens (tertiary/aromatic N) is 1. The lowest BCUT2D eigenvalue weighted by Gasteiger charge is -2.15. The van der Waals surface area contributed by atoms with E-state index in [1.807, 2.05) is 13.8 Å². The topological polar surface area (TPSA) is 58.9 Å². The van der Waals surface area contributed by atoms with E-state index in [4.69, 9.17) is 9.94 Å². The molecule has 4 nitrogen and oxygen atoms in total. The molecule has 92 valence electrons. The fraction of sp³-hybridized carbons (Fsp3) is 0.833. The number of hydrogen-bond acceptors (Lipinski definition) is 3. The van der Waals surface area contributed by atoms with Crippen LogP contribution in [-0.2, 0) is 9.63 Å². The molecule has 1 N–H and O–H groups in total. The molecule has 1 aliphatic carbocycles. The summed E-state index contributed by atoms with van der Waals surface area (Å²) < 4.78 is 0. The van der Waals surface area contributed by atoms with Crippen LogP contribution in [-0.4, -0.2) is 23.9 Å². The van der Waals surface area contributed by atoms with Crippen molar-refractivity contribution in [3.05, 3.63) is 0 Å². The van der Waals surface area contributed by atoms with Crippen molar-refractivity contribution in [3.8, 4) is 0 Å². The van der Waals surface area contributed by atoms with Gasteiger partial charge in [-0.2, -0.15) is 0 Å². The molecule has 0 amide bonds. The van der Waals surface area contributed by atoms with Gasteiger partial charge in [-0.1, -0.05) is 39.8 Å². The van der Waals surface area contributed by atoms with Gasteiger partial charge in [-0.3, -0.25) is 4.79 Å². The van der Waals surface area contributed by atoms with E-state index in [1.54, 1.807) is 6.21 Å². The van der Waals surface area contributed by atoms with Crippen LogP contribution in [0.3, 0.4) is 0 Å². The highest BCUT2D eigenvalue weighted by Crippen LogP contribution is 2.57. The SMILES string of the molecule is CC(C)(C)CON=CC1C(C(=O)O)C1(C)C. The fourth-order valence-corrected chi connectivity index (χ4v) is 1.77. The van der Waals surface area contributed by atoms with E-state index >= 15 is 0 Å². The highest BCUT2D eigenvalue weighted by Gasteiger charge is 2.61. The molecule has 1 saturated carbocycles. The first kappa shape index (κ1) is 13.0. The maximum atomic E-state index is 10.9. The van der Waals surface area contributed by atoms with Crippen LogP contribution in [0.4, 0.5) is 0 Å². The molecule has 0 aromatic heterocycles. The van der Waals surface area contributed by atoms with Crippen molar-refractivity contribution < 1.29 is 14.7 Å². The van der Waals surface area contributed by atoms with Gasteiger partial charge in [0.15, 0.2) is 0 Å². The van der Waals surface area contributed by atoms with E-state index in [1.165, 1.54) is 0 Å². The zero-order valence-electron chi connectivity index (χ0n) is 10.7. The normalized spacial score (nSPS) is 28.1. The lowest BCUT2D eigenvalue weighted by molar-refractivity contribution is -0.139. The van der Waals surface area contributed by atoms with Gasteiger partial charge in [0.2, 0.25) is 0 Å². The average Bonchev–Trinajstić information content (AvgIpc) is 2.60. The second kappa shape index (κ2) is 4.07. The monoisotopic (exact) mass is 227 g/mol. The number of rotatable bonds is 4. The second-order valence-electron chi connectivity index (χ2n) is 6.25. The number of hydrogen-bond donors (Lipinski definition) is 1. The third-order valence-electron chi connectivity index (χ3n) is 2.97. The molecule has 0 aromatic carbocycles. The van der Waals surface area contributed by atoms with Gasteiger partial charge in [0.05, 0.1) is 5.92 Å². The van der Waals surface area contributed by atoms with Crippen molar-refractivity contribution in [1.29, 1.82) is 0 Å². The quantitative estimate of drug-likeness (QED) is 0.592. The highest BCUT2D eigenvalue weighted by molar-refractivity contribution is 5.84. The van der Waals surface area contributed by atoms with Crippen molar-refractivity contribution >= 4 is 12.2 Å². The Labute approximate surface area is 96.7 Å². The Kier molecular flexibility index (Phi) is 3.31. The lowest BCUT2D eigenvalue weighted by Crippen LogP contribution is -2.12. The third kappa shape index (κ3) is 2.97. The molecule has 0 aromatic rings. The molecular formula is C12H21NO3. The van der Waals surface area contributed by atoms with Gasteiger partial charge >= 0.3 is 5.97 Å². The molecule has 1 fully saturated rings. The van der Waals surface area contributed by atoms with Gasteiger partial charge < -0.3 is 9.94 Å². The minimum Gasteiger partial charge on any atom is -0.481 e. The Morgan fingerprint density at radius 1 is 1.50 bits per heavy atom. The largest absolute Gasteiger partial charge is 0.481 e. The number of oxime groups is 1. The summed E-state index contributed by atoms with van der Waals surface area (Å²) in [5.74, 6) is -1.09. The maximum Gasteiger partial charge on any atom is 0.307 e. The first-order chi connectivity index (χ1) is 7.16. The van der Waals surface area contributed by atoms with Gasteiger partial charge in [0.1, 0.15) is 6.61 Å². The summed E-state index contributed by atoms with van der Waals surface area (Å²) in [5.41, 5.74) is -0.122. The van der Waals surface area contributed by atoms with Crippen molar-refractivity contribution in [1.82, 2.24) is 0 Å². The first-order valence-corrected chi connectivity index (χ1v) is 5.54. The molecule has 1 aliphatic rings. The van der Waals surface area contributed by atoms with Crippen LogP contribution in [0.15, 0.2) is 5.16 Å². The Bertz CT molecular complexity index is 302. The zero-order valence-corrected chi connectivity index (χ0v) is 10.7. The van der Waals surface area contributed by atoms with E-state index in [2.05, 4.69) is 25.9 Å². The van der Waals surface area contributed by atoms with Crippen LogP contribution in [0.5, 0.6) is 0 Å². The van der Waals surface area contributed by atoms with Crippen molar-refractivity contribution in [2.24, 2.45) is 27.8 Å². The predicted molar refractivity (Wildman–Crippen MR) is 62.3 cm³/mol. The van der Waals surface area contributed by atoms with Gasteiger partial charge in [-0.05, 0) is 10.8 Å². The Balaban J connectivity index is 2.40. The minimum absolute atomic E-state index is 0.00929. The van der Waals surface area contributed by atoms with Crippen LogP contribution in [0.1, 0.15) is 34.6 Å². The summed E-state index contributed by atoms with van der Waals surface area (Å²) >= 11 is 0. The lowest BCUT2D eigenvalue weighted by atomic mass is 9.99. The Morgan fingerprint density at radius 3 is 2.44 bits per heavy atom. The second-order valence-corrected chi connectivity index (χ2v) is 6.25. The van der Waals surface area contributed by atoms with Crippen LogP contribution >= 0.6 is 0 Å². The third-order valence-corrected chi connectivity index (χ3v) is 2.97. The molecule has 1 rings (SSSR count). The standard InChI is InChI=1S/C12H21NO3/c1-11(2,3)7-16-13-6-8-9(10(14)15)12(8,4)5/h6,8-9H,7H2,1-5H3,(H,14,15). The minimum atomic E-state index is -0.753. The molecule has 2 unspecified atom stereocenters. The van der Waals surface area contributed by atoms with Crippen LogP contribution < -0.4 is 0 Å². The Hall–Kier alpha value is -1.06. The van der Waals surface area contributed by atoms with Crippen LogP contribution in [0, 0.1) is 22.7 Å². The number of aliphatic carboxylic acids is 1. The summed E-state index contributed by atoms with van der Waals surface area (Å²) in [4.78, 5) is 16.0. The van der Waals surface area contributed by atoms with Gasteiger partial charge in [-0.15, -0.1) is 0 Å². The molecule has 0 aliphatic heterocycles. The summed E-state index contributed by atoms with van der Waals surface area (Å²) in [6.07, 6.45) is 1.63. The van der Waals surface area contributed by atoms with Gasteiger partial charge in [0, 0.05) is 12.1 Å². The van der Waals surface area contributed by atoms with E-state index < -0.39 is 5.97 Å². The zero-order chi connectivity index (χ0) is 12.6. The molecule has 0 saturated heterocycles. The predicted octanol–water partition coefficient (Wildman–Crippen LogP) is 2.39. The van der Waals surface area contributed by atoms with Crippen molar-refractivity contribution in [3.63, 3.8) is 0 Å². The molecule has 0 bridgehead atoms. The van der Waals surface area contributed by atoms with Crippen LogP contribution in [0.25, 0.3) is 0 Å². The smallest absolute Gasteiger partial charge is 0.307 e. The molecule has 16 heavy (non-hydrogen) atoms. The van der Waals surface area contributed by atoms with E-state index in [0.717, 1.165) is 0 Å². The first-order valence-electron chi connectivity index (χ1n) is 5.54. The molecular weight excluding hydrogens is 206 g/mol. The molecule has 4 heteroatoms. The molecule has 0 heterocycles.